The smallest absolute Gasteiger partial charge is 0.194 e. The molecule has 1 unspecified atom stereocenters. The van der Waals surface area contributed by atoms with Crippen molar-refractivity contribution in [1.29, 1.82) is 0 Å². The van der Waals surface area contributed by atoms with E-state index in [9.17, 15) is 0 Å². The minimum atomic E-state index is 0. The molecule has 1 aromatic carbocycles. The Morgan fingerprint density at radius 3 is 2.81 bits per heavy atom. The van der Waals surface area contributed by atoms with Crippen LogP contribution in [0.5, 0.6) is 0 Å². The van der Waals surface area contributed by atoms with Gasteiger partial charge in [0.15, 0.2) is 5.96 Å². The highest BCUT2D eigenvalue weighted by molar-refractivity contribution is 14.0. The van der Waals surface area contributed by atoms with E-state index in [4.69, 9.17) is 9.47 Å². The number of methoxy groups -OCH3 is 1. The number of thiazole rings is 1. The second-order valence-corrected chi connectivity index (χ2v) is 8.41. The zero-order valence-corrected chi connectivity index (χ0v) is 22.0. The molecule has 9 heteroatoms. The van der Waals surface area contributed by atoms with Crippen LogP contribution in [0.25, 0.3) is 0 Å². The van der Waals surface area contributed by atoms with Gasteiger partial charge in [0, 0.05) is 52.8 Å². The summed E-state index contributed by atoms with van der Waals surface area (Å²) in [6.45, 7) is 8.07. The fraction of sp³-hybridized carbons (Fsp3) is 0.545. The lowest BCUT2D eigenvalue weighted by atomic mass is 10.1. The Morgan fingerprint density at radius 2 is 2.10 bits per heavy atom. The van der Waals surface area contributed by atoms with E-state index in [1.54, 1.807) is 18.4 Å². The Bertz CT molecular complexity index is 826. The van der Waals surface area contributed by atoms with Gasteiger partial charge in [0.25, 0.3) is 0 Å². The molecule has 0 bridgehead atoms. The van der Waals surface area contributed by atoms with Crippen molar-refractivity contribution in [2.75, 3.05) is 47.5 Å². The second-order valence-electron chi connectivity index (χ2n) is 7.52. The Kier molecular flexibility index (Phi) is 11.2. The number of hydrogen-bond acceptors (Lipinski definition) is 6. The molecule has 0 amide bonds. The first-order valence-corrected chi connectivity index (χ1v) is 11.2. The van der Waals surface area contributed by atoms with Crippen molar-refractivity contribution >= 4 is 41.3 Å². The topological polar surface area (TPSA) is 62.2 Å². The van der Waals surface area contributed by atoms with E-state index in [-0.39, 0.29) is 30.1 Å². The summed E-state index contributed by atoms with van der Waals surface area (Å²) in [5.41, 5.74) is 3.61. The first-order chi connectivity index (χ1) is 14.6. The van der Waals surface area contributed by atoms with Gasteiger partial charge in [-0.25, -0.2) is 4.98 Å². The normalized spacial score (nSPS) is 15.9. The fourth-order valence-electron chi connectivity index (χ4n) is 3.42. The van der Waals surface area contributed by atoms with Crippen LogP contribution in [0.2, 0.25) is 0 Å². The Hall–Kier alpha value is -1.27. The molecule has 31 heavy (non-hydrogen) atoms. The SMILES string of the molecule is CN=C(NCc1cccc(CN2CCOCC2)c1)N(C)Cc1csc(C(C)OC)n1.I. The number of guanidine groups is 1. The van der Waals surface area contributed by atoms with Gasteiger partial charge in [0.1, 0.15) is 11.1 Å². The average molecular weight is 560 g/mol. The van der Waals surface area contributed by atoms with Gasteiger partial charge in [-0.1, -0.05) is 24.3 Å². The van der Waals surface area contributed by atoms with Gasteiger partial charge in [-0.15, -0.1) is 35.3 Å². The van der Waals surface area contributed by atoms with E-state index >= 15 is 0 Å². The number of nitrogens with one attached hydrogen (secondary N) is 1. The first kappa shape index (κ1) is 26.0. The van der Waals surface area contributed by atoms with Crippen molar-refractivity contribution < 1.29 is 9.47 Å². The van der Waals surface area contributed by atoms with Crippen molar-refractivity contribution in [2.45, 2.75) is 32.7 Å². The highest BCUT2D eigenvalue weighted by Crippen LogP contribution is 2.21. The molecule has 172 valence electrons. The van der Waals surface area contributed by atoms with Gasteiger partial charge in [-0.05, 0) is 18.1 Å². The van der Waals surface area contributed by atoms with Crippen LogP contribution in [0, 0.1) is 0 Å². The van der Waals surface area contributed by atoms with E-state index in [0.717, 1.165) is 56.1 Å². The molecule has 0 aliphatic carbocycles. The van der Waals surface area contributed by atoms with E-state index in [1.807, 2.05) is 21.0 Å². The number of ether oxygens (including phenoxy) is 2. The molecular weight excluding hydrogens is 525 g/mol. The highest BCUT2D eigenvalue weighted by atomic mass is 127. The van der Waals surface area contributed by atoms with Crippen molar-refractivity contribution in [3.63, 3.8) is 0 Å². The third kappa shape index (κ3) is 7.98. The molecule has 1 fully saturated rings. The summed E-state index contributed by atoms with van der Waals surface area (Å²) in [6.07, 6.45) is 0.0243. The van der Waals surface area contributed by atoms with Crippen molar-refractivity contribution in [1.82, 2.24) is 20.1 Å². The number of nitrogens with zero attached hydrogens (tertiary/aromatic N) is 4. The van der Waals surface area contributed by atoms with Crippen LogP contribution in [0.15, 0.2) is 34.6 Å². The zero-order chi connectivity index (χ0) is 21.3. The quantitative estimate of drug-likeness (QED) is 0.304. The maximum absolute atomic E-state index is 5.44. The van der Waals surface area contributed by atoms with E-state index < -0.39 is 0 Å². The third-order valence-electron chi connectivity index (χ3n) is 5.20. The van der Waals surface area contributed by atoms with E-state index in [0.29, 0.717) is 6.54 Å². The monoisotopic (exact) mass is 559 g/mol. The molecule has 2 heterocycles. The molecule has 1 aliphatic rings. The maximum Gasteiger partial charge on any atom is 0.194 e. The van der Waals surface area contributed by atoms with Crippen LogP contribution in [0.3, 0.4) is 0 Å². The van der Waals surface area contributed by atoms with Crippen LogP contribution >= 0.6 is 35.3 Å². The first-order valence-electron chi connectivity index (χ1n) is 10.4. The number of aliphatic imine (C=N–C) groups is 1. The maximum atomic E-state index is 5.44. The zero-order valence-electron chi connectivity index (χ0n) is 18.8. The Balaban J connectivity index is 0.00000341. The van der Waals surface area contributed by atoms with E-state index in [1.165, 1.54) is 11.1 Å². The molecule has 1 N–H and O–H groups in total. The average Bonchev–Trinajstić information content (AvgIpc) is 3.23. The summed E-state index contributed by atoms with van der Waals surface area (Å²) < 4.78 is 10.8. The number of hydrogen-bond donors (Lipinski definition) is 1. The van der Waals surface area contributed by atoms with Gasteiger partial charge >= 0.3 is 0 Å². The number of rotatable bonds is 8. The van der Waals surface area contributed by atoms with E-state index in [2.05, 4.69) is 54.7 Å². The van der Waals surface area contributed by atoms with Gasteiger partial charge in [0.05, 0.1) is 25.5 Å². The Labute approximate surface area is 206 Å². The van der Waals surface area contributed by atoms with Crippen LogP contribution in [0.4, 0.5) is 0 Å². The summed E-state index contributed by atoms with van der Waals surface area (Å²) in [4.78, 5) is 13.6. The second kappa shape index (κ2) is 13.3. The van der Waals surface area contributed by atoms with Crippen LogP contribution < -0.4 is 5.32 Å². The number of halogens is 1. The fourth-order valence-corrected chi connectivity index (χ4v) is 4.26. The van der Waals surface area contributed by atoms with Gasteiger partial charge in [-0.2, -0.15) is 0 Å². The van der Waals surface area contributed by atoms with Crippen molar-refractivity contribution in [2.24, 2.45) is 4.99 Å². The molecular formula is C22H34IN5O2S. The number of morpholine rings is 1. The minimum absolute atomic E-state index is 0. The standard InChI is InChI=1S/C22H33N5O2S.HI/c1-17(28-4)21-25-20(16-30-21)15-26(3)22(23-2)24-13-18-6-5-7-19(12-18)14-27-8-10-29-11-9-27;/h5-7,12,16-17H,8-11,13-15H2,1-4H3,(H,23,24);1H. The van der Waals surface area contributed by atoms with Crippen LogP contribution in [-0.2, 0) is 29.1 Å². The largest absolute Gasteiger partial charge is 0.379 e. The summed E-state index contributed by atoms with van der Waals surface area (Å²) in [5, 5.41) is 6.56. The van der Waals surface area contributed by atoms with Crippen LogP contribution in [0.1, 0.15) is 34.9 Å². The lowest BCUT2D eigenvalue weighted by molar-refractivity contribution is 0.0342. The van der Waals surface area contributed by atoms with Gasteiger partial charge < -0.3 is 19.7 Å². The highest BCUT2D eigenvalue weighted by Gasteiger charge is 2.13. The van der Waals surface area contributed by atoms with Gasteiger partial charge in [-0.3, -0.25) is 9.89 Å². The molecule has 1 aliphatic heterocycles. The van der Waals surface area contributed by atoms with Gasteiger partial charge in [0.2, 0.25) is 0 Å². The molecule has 3 rings (SSSR count). The van der Waals surface area contributed by atoms with Crippen molar-refractivity contribution in [3.8, 4) is 0 Å². The summed E-state index contributed by atoms with van der Waals surface area (Å²) in [6, 6.07) is 8.75. The molecule has 0 radical (unpaired) electrons. The summed E-state index contributed by atoms with van der Waals surface area (Å²) >= 11 is 1.63. The predicted molar refractivity (Wildman–Crippen MR) is 137 cm³/mol. The summed E-state index contributed by atoms with van der Waals surface area (Å²) in [7, 11) is 5.55. The number of benzene rings is 1. The Morgan fingerprint density at radius 1 is 1.35 bits per heavy atom. The lowest BCUT2D eigenvalue weighted by Crippen LogP contribution is -2.38. The molecule has 0 saturated carbocycles. The third-order valence-corrected chi connectivity index (χ3v) is 6.25. The number of aromatic nitrogens is 1. The minimum Gasteiger partial charge on any atom is -0.379 e. The molecule has 1 atom stereocenters. The van der Waals surface area contributed by atoms with Crippen LogP contribution in [-0.4, -0.2) is 68.3 Å². The van der Waals surface area contributed by atoms with Crippen molar-refractivity contribution in [3.05, 3.63) is 51.5 Å². The lowest BCUT2D eigenvalue weighted by Gasteiger charge is -2.26. The predicted octanol–water partition coefficient (Wildman–Crippen LogP) is 3.51. The molecule has 0 spiro atoms. The summed E-state index contributed by atoms with van der Waals surface area (Å²) in [5.74, 6) is 0.850. The molecule has 1 saturated heterocycles. The molecule has 2 aromatic rings. The molecule has 1 aromatic heterocycles. The molecule has 7 nitrogen and oxygen atoms in total.